The molecule has 1 fully saturated rings. The Kier molecular flexibility index (Phi) is 4.87. The number of rotatable bonds is 3. The lowest BCUT2D eigenvalue weighted by Gasteiger charge is -2.30. The van der Waals surface area contributed by atoms with Crippen molar-refractivity contribution in [2.24, 2.45) is 0 Å². The summed E-state index contributed by atoms with van der Waals surface area (Å²) in [5.41, 5.74) is 5.99. The van der Waals surface area contributed by atoms with Crippen molar-refractivity contribution in [3.8, 4) is 0 Å². The first-order valence-electron chi connectivity index (χ1n) is 6.11. The van der Waals surface area contributed by atoms with E-state index in [2.05, 4.69) is 20.7 Å². The van der Waals surface area contributed by atoms with Crippen LogP contribution >= 0.6 is 15.9 Å². The van der Waals surface area contributed by atoms with Crippen molar-refractivity contribution < 1.29 is 22.7 Å². The molecule has 1 aliphatic rings. The summed E-state index contributed by atoms with van der Waals surface area (Å²) in [6, 6.07) is 4.54. The second kappa shape index (κ2) is 6.30. The van der Waals surface area contributed by atoms with Gasteiger partial charge in [-0.25, -0.2) is 13.2 Å². The molecule has 21 heavy (non-hydrogen) atoms. The molecule has 2 N–H and O–H groups in total. The topological polar surface area (TPSA) is 98.9 Å². The number of anilines is 1. The number of benzene rings is 1. The van der Waals surface area contributed by atoms with Crippen LogP contribution in [0.25, 0.3) is 0 Å². The molecular formula is C12H15BrN2O5S. The van der Waals surface area contributed by atoms with Crippen molar-refractivity contribution >= 4 is 37.6 Å². The highest BCUT2D eigenvalue weighted by atomic mass is 79.9. The van der Waals surface area contributed by atoms with E-state index in [4.69, 9.17) is 10.5 Å². The van der Waals surface area contributed by atoms with Crippen LogP contribution in [0.2, 0.25) is 0 Å². The molecule has 0 saturated carbocycles. The standard InChI is InChI=1S/C12H15BrN2O5S/c1-19-12(16)10-7-15(4-5-20-10)21(17,18)11-6-8(14)2-3-9(11)13/h2-3,6,10H,4-5,7,14H2,1H3. The summed E-state index contributed by atoms with van der Waals surface area (Å²) in [4.78, 5) is 11.6. The highest BCUT2D eigenvalue weighted by Gasteiger charge is 2.35. The van der Waals surface area contributed by atoms with Crippen molar-refractivity contribution in [2.45, 2.75) is 11.0 Å². The van der Waals surface area contributed by atoms with Crippen molar-refractivity contribution in [3.63, 3.8) is 0 Å². The molecule has 1 atom stereocenters. The van der Waals surface area contributed by atoms with E-state index in [-0.39, 0.29) is 24.6 Å². The SMILES string of the molecule is COC(=O)C1CN(S(=O)(=O)c2cc(N)ccc2Br)CCO1. The summed E-state index contributed by atoms with van der Waals surface area (Å²) >= 11 is 3.21. The number of carbonyl (C=O) groups excluding carboxylic acids is 1. The number of hydrogen-bond acceptors (Lipinski definition) is 6. The van der Waals surface area contributed by atoms with Crippen LogP contribution in [0.5, 0.6) is 0 Å². The Balaban J connectivity index is 2.31. The Morgan fingerprint density at radius 1 is 1.52 bits per heavy atom. The molecule has 2 rings (SSSR count). The van der Waals surface area contributed by atoms with Gasteiger partial charge in [0.25, 0.3) is 0 Å². The number of nitrogens with zero attached hydrogens (tertiary/aromatic N) is 1. The summed E-state index contributed by atoms with van der Waals surface area (Å²) in [5, 5.41) is 0. The number of halogens is 1. The fourth-order valence-electron chi connectivity index (χ4n) is 1.97. The van der Waals surface area contributed by atoms with Gasteiger partial charge in [-0.1, -0.05) is 0 Å². The molecule has 0 aromatic heterocycles. The number of sulfonamides is 1. The van der Waals surface area contributed by atoms with Gasteiger partial charge in [0.05, 0.1) is 25.2 Å². The molecule has 0 spiro atoms. The van der Waals surface area contributed by atoms with Gasteiger partial charge in [0.2, 0.25) is 10.0 Å². The van der Waals surface area contributed by atoms with Crippen LogP contribution in [-0.2, 0) is 24.3 Å². The number of morpholine rings is 1. The molecule has 1 aromatic rings. The van der Waals surface area contributed by atoms with Crippen LogP contribution in [0.1, 0.15) is 0 Å². The van der Waals surface area contributed by atoms with Gasteiger partial charge in [0, 0.05) is 16.7 Å². The van der Waals surface area contributed by atoms with Crippen LogP contribution in [-0.4, -0.2) is 51.6 Å². The van der Waals surface area contributed by atoms with E-state index < -0.39 is 22.1 Å². The third kappa shape index (κ3) is 3.37. The second-order valence-electron chi connectivity index (χ2n) is 4.44. The summed E-state index contributed by atoms with van der Waals surface area (Å²) in [5.74, 6) is -0.596. The van der Waals surface area contributed by atoms with Crippen molar-refractivity contribution in [1.82, 2.24) is 4.31 Å². The number of ether oxygens (including phenoxy) is 2. The minimum atomic E-state index is -3.77. The summed E-state index contributed by atoms with van der Waals surface area (Å²) < 4.78 is 36.7. The predicted octanol–water partition coefficient (Wildman–Crippen LogP) is 0.594. The fraction of sp³-hybridized carbons (Fsp3) is 0.417. The van der Waals surface area contributed by atoms with Gasteiger partial charge in [0.1, 0.15) is 0 Å². The number of nitrogen functional groups attached to an aromatic ring is 1. The van der Waals surface area contributed by atoms with E-state index in [1.807, 2.05) is 0 Å². The number of carbonyl (C=O) groups is 1. The highest BCUT2D eigenvalue weighted by Crippen LogP contribution is 2.28. The molecule has 0 radical (unpaired) electrons. The van der Waals surface area contributed by atoms with Gasteiger partial charge in [-0.15, -0.1) is 0 Å². The minimum Gasteiger partial charge on any atom is -0.467 e. The second-order valence-corrected chi connectivity index (χ2v) is 7.20. The van der Waals surface area contributed by atoms with Gasteiger partial charge < -0.3 is 15.2 Å². The first kappa shape index (κ1) is 16.2. The lowest BCUT2D eigenvalue weighted by molar-refractivity contribution is -0.157. The molecule has 1 aliphatic heterocycles. The lowest BCUT2D eigenvalue weighted by atomic mass is 10.3. The fourth-order valence-corrected chi connectivity index (χ4v) is 4.36. The zero-order chi connectivity index (χ0) is 15.6. The third-order valence-electron chi connectivity index (χ3n) is 3.07. The largest absolute Gasteiger partial charge is 0.467 e. The quantitative estimate of drug-likeness (QED) is 0.610. The Hall–Kier alpha value is -1.16. The molecule has 0 amide bonds. The Bertz CT molecular complexity index is 649. The molecular weight excluding hydrogens is 364 g/mol. The third-order valence-corrected chi connectivity index (χ3v) is 5.93. The molecule has 7 nitrogen and oxygen atoms in total. The minimum absolute atomic E-state index is 0.0630. The van der Waals surface area contributed by atoms with E-state index in [0.29, 0.717) is 10.2 Å². The zero-order valence-corrected chi connectivity index (χ0v) is 13.7. The monoisotopic (exact) mass is 378 g/mol. The maximum Gasteiger partial charge on any atom is 0.336 e. The Labute approximate surface area is 131 Å². The van der Waals surface area contributed by atoms with Crippen LogP contribution in [0.3, 0.4) is 0 Å². The first-order chi connectivity index (χ1) is 9.86. The van der Waals surface area contributed by atoms with E-state index in [9.17, 15) is 13.2 Å². The van der Waals surface area contributed by atoms with Crippen LogP contribution < -0.4 is 5.73 Å². The zero-order valence-electron chi connectivity index (χ0n) is 11.3. The summed E-state index contributed by atoms with van der Waals surface area (Å²) in [7, 11) is -2.54. The van der Waals surface area contributed by atoms with Gasteiger partial charge in [-0.2, -0.15) is 4.31 Å². The van der Waals surface area contributed by atoms with Gasteiger partial charge in [-0.05, 0) is 34.1 Å². The average molecular weight is 379 g/mol. The molecule has 0 aliphatic carbocycles. The highest BCUT2D eigenvalue weighted by molar-refractivity contribution is 9.10. The van der Waals surface area contributed by atoms with Crippen molar-refractivity contribution in [1.29, 1.82) is 0 Å². The average Bonchev–Trinajstić information content (AvgIpc) is 2.49. The Morgan fingerprint density at radius 3 is 2.90 bits per heavy atom. The van der Waals surface area contributed by atoms with E-state index >= 15 is 0 Å². The van der Waals surface area contributed by atoms with Gasteiger partial charge in [0.15, 0.2) is 6.10 Å². The maximum absolute atomic E-state index is 12.6. The molecule has 116 valence electrons. The van der Waals surface area contributed by atoms with Crippen LogP contribution in [0.4, 0.5) is 5.69 Å². The summed E-state index contributed by atoms with van der Waals surface area (Å²) in [6.07, 6.45) is -0.918. The van der Waals surface area contributed by atoms with E-state index in [1.54, 1.807) is 12.1 Å². The van der Waals surface area contributed by atoms with Gasteiger partial charge in [-0.3, -0.25) is 0 Å². The smallest absolute Gasteiger partial charge is 0.336 e. The molecule has 1 aromatic carbocycles. The lowest BCUT2D eigenvalue weighted by Crippen LogP contribution is -2.48. The molecule has 1 unspecified atom stereocenters. The van der Waals surface area contributed by atoms with Crippen LogP contribution in [0.15, 0.2) is 27.6 Å². The normalized spacial score (nSPS) is 20.2. The number of hydrogen-bond donors (Lipinski definition) is 1. The maximum atomic E-state index is 12.6. The number of nitrogens with two attached hydrogens (primary N) is 1. The van der Waals surface area contributed by atoms with Gasteiger partial charge >= 0.3 is 5.97 Å². The molecule has 1 heterocycles. The van der Waals surface area contributed by atoms with Crippen LogP contribution in [0, 0.1) is 0 Å². The molecule has 9 heteroatoms. The molecule has 1 saturated heterocycles. The number of methoxy groups -OCH3 is 1. The molecule has 0 bridgehead atoms. The van der Waals surface area contributed by atoms with Crippen molar-refractivity contribution in [3.05, 3.63) is 22.7 Å². The Morgan fingerprint density at radius 2 is 2.24 bits per heavy atom. The predicted molar refractivity (Wildman–Crippen MR) is 79.1 cm³/mol. The summed E-state index contributed by atoms with van der Waals surface area (Å²) in [6.45, 7) is 0.201. The number of esters is 1. The van der Waals surface area contributed by atoms with Crippen molar-refractivity contribution in [2.75, 3.05) is 32.5 Å². The van der Waals surface area contributed by atoms with E-state index in [0.717, 1.165) is 0 Å². The van der Waals surface area contributed by atoms with E-state index in [1.165, 1.54) is 17.5 Å². The first-order valence-corrected chi connectivity index (χ1v) is 8.34.